The Kier molecular flexibility index (Phi) is 5.17. The molecule has 0 saturated heterocycles. The van der Waals surface area contributed by atoms with Crippen molar-refractivity contribution in [2.24, 2.45) is 0 Å². The standard InChI is InChI=1S/C14H23N3S/c1-2-3-9-15-12-10-13(18)17-14(16-12)11-7-5-4-6-8-11/h10-11H,2-9H2,1H3,(H2,15,16,17,18). The number of nitrogens with one attached hydrogen (secondary N) is 2. The highest BCUT2D eigenvalue weighted by molar-refractivity contribution is 7.71. The minimum atomic E-state index is 0.577. The zero-order valence-electron chi connectivity index (χ0n) is 11.2. The molecular formula is C14H23N3S. The molecule has 0 bridgehead atoms. The van der Waals surface area contributed by atoms with Crippen LogP contribution in [0.1, 0.15) is 63.6 Å². The van der Waals surface area contributed by atoms with Crippen molar-refractivity contribution < 1.29 is 0 Å². The van der Waals surface area contributed by atoms with Gasteiger partial charge in [-0.1, -0.05) is 44.8 Å². The normalized spacial score (nSPS) is 16.7. The van der Waals surface area contributed by atoms with Gasteiger partial charge in [0.2, 0.25) is 0 Å². The zero-order chi connectivity index (χ0) is 12.8. The van der Waals surface area contributed by atoms with Crippen LogP contribution in [0.4, 0.5) is 5.82 Å². The first-order valence-electron chi connectivity index (χ1n) is 7.14. The maximum atomic E-state index is 5.26. The van der Waals surface area contributed by atoms with Gasteiger partial charge >= 0.3 is 0 Å². The number of aromatic amines is 1. The van der Waals surface area contributed by atoms with E-state index in [2.05, 4.69) is 22.2 Å². The van der Waals surface area contributed by atoms with Crippen molar-refractivity contribution in [2.75, 3.05) is 11.9 Å². The third-order valence-corrected chi connectivity index (χ3v) is 3.81. The molecule has 18 heavy (non-hydrogen) atoms. The predicted molar refractivity (Wildman–Crippen MR) is 78.6 cm³/mol. The third kappa shape index (κ3) is 3.80. The van der Waals surface area contributed by atoms with Gasteiger partial charge in [-0.05, 0) is 19.3 Å². The van der Waals surface area contributed by atoms with E-state index in [-0.39, 0.29) is 0 Å². The van der Waals surface area contributed by atoms with E-state index in [9.17, 15) is 0 Å². The minimum absolute atomic E-state index is 0.577. The van der Waals surface area contributed by atoms with Gasteiger partial charge in [0.05, 0.1) is 0 Å². The third-order valence-electron chi connectivity index (χ3n) is 3.60. The molecular weight excluding hydrogens is 242 g/mol. The van der Waals surface area contributed by atoms with Crippen molar-refractivity contribution in [2.45, 2.75) is 57.8 Å². The second-order valence-electron chi connectivity index (χ2n) is 5.13. The van der Waals surface area contributed by atoms with Gasteiger partial charge in [-0.2, -0.15) is 0 Å². The molecule has 1 saturated carbocycles. The van der Waals surface area contributed by atoms with Crippen molar-refractivity contribution in [1.29, 1.82) is 0 Å². The average Bonchev–Trinajstić information content (AvgIpc) is 2.39. The monoisotopic (exact) mass is 265 g/mol. The molecule has 1 aromatic heterocycles. The van der Waals surface area contributed by atoms with Crippen LogP contribution in [0.25, 0.3) is 0 Å². The van der Waals surface area contributed by atoms with E-state index in [1.54, 1.807) is 0 Å². The molecule has 0 unspecified atom stereocenters. The highest BCUT2D eigenvalue weighted by Gasteiger charge is 2.17. The van der Waals surface area contributed by atoms with Crippen molar-refractivity contribution in [3.8, 4) is 0 Å². The first kappa shape index (κ1) is 13.5. The summed E-state index contributed by atoms with van der Waals surface area (Å²) in [7, 11) is 0. The van der Waals surface area contributed by atoms with Crippen LogP contribution in [0.5, 0.6) is 0 Å². The van der Waals surface area contributed by atoms with Gasteiger partial charge in [-0.25, -0.2) is 4.98 Å². The average molecular weight is 265 g/mol. The Labute approximate surface area is 114 Å². The quantitative estimate of drug-likeness (QED) is 0.612. The number of rotatable bonds is 5. The molecule has 0 spiro atoms. The summed E-state index contributed by atoms with van der Waals surface area (Å²) in [5.41, 5.74) is 0. The Hall–Kier alpha value is -0.900. The number of nitrogens with zero attached hydrogens (tertiary/aromatic N) is 1. The Morgan fingerprint density at radius 1 is 1.39 bits per heavy atom. The maximum absolute atomic E-state index is 5.26. The van der Waals surface area contributed by atoms with E-state index >= 15 is 0 Å². The number of unbranched alkanes of at least 4 members (excludes halogenated alkanes) is 1. The second kappa shape index (κ2) is 6.88. The van der Waals surface area contributed by atoms with Gasteiger partial charge in [-0.15, -0.1) is 0 Å². The number of hydrogen-bond donors (Lipinski definition) is 2. The Bertz CT molecular complexity index is 421. The molecule has 1 aliphatic carbocycles. The Morgan fingerprint density at radius 2 is 2.17 bits per heavy atom. The van der Waals surface area contributed by atoms with Crippen LogP contribution in [0.15, 0.2) is 6.07 Å². The van der Waals surface area contributed by atoms with Crippen LogP contribution in [-0.2, 0) is 0 Å². The minimum Gasteiger partial charge on any atom is -0.372 e. The van der Waals surface area contributed by atoms with Crippen LogP contribution in [-0.4, -0.2) is 16.5 Å². The molecule has 0 radical (unpaired) electrons. The molecule has 0 aromatic carbocycles. The molecule has 1 fully saturated rings. The fourth-order valence-corrected chi connectivity index (χ4v) is 2.76. The van der Waals surface area contributed by atoms with Crippen LogP contribution in [0.2, 0.25) is 0 Å². The zero-order valence-corrected chi connectivity index (χ0v) is 12.0. The lowest BCUT2D eigenvalue weighted by Crippen LogP contribution is -2.11. The van der Waals surface area contributed by atoms with E-state index in [4.69, 9.17) is 12.2 Å². The molecule has 0 atom stereocenters. The molecule has 4 heteroatoms. The summed E-state index contributed by atoms with van der Waals surface area (Å²) in [5.74, 6) is 2.69. The summed E-state index contributed by atoms with van der Waals surface area (Å²) in [6.45, 7) is 3.19. The fraction of sp³-hybridized carbons (Fsp3) is 0.714. The topological polar surface area (TPSA) is 40.7 Å². The summed E-state index contributed by atoms with van der Waals surface area (Å²) < 4.78 is 0.702. The Balaban J connectivity index is 2.07. The van der Waals surface area contributed by atoms with Crippen LogP contribution < -0.4 is 5.32 Å². The molecule has 1 aliphatic rings. The van der Waals surface area contributed by atoms with Crippen LogP contribution in [0.3, 0.4) is 0 Å². The summed E-state index contributed by atoms with van der Waals surface area (Å²) in [4.78, 5) is 7.93. The molecule has 100 valence electrons. The molecule has 1 heterocycles. The van der Waals surface area contributed by atoms with Crippen molar-refractivity contribution in [3.05, 3.63) is 16.5 Å². The number of hydrogen-bond acceptors (Lipinski definition) is 3. The molecule has 2 rings (SSSR count). The summed E-state index contributed by atoms with van der Waals surface area (Å²) in [5, 5.41) is 3.40. The van der Waals surface area contributed by atoms with E-state index in [0.29, 0.717) is 10.6 Å². The molecule has 0 amide bonds. The number of H-pyrrole nitrogens is 1. The van der Waals surface area contributed by atoms with Crippen molar-refractivity contribution >= 4 is 18.0 Å². The van der Waals surface area contributed by atoms with Gasteiger partial charge < -0.3 is 10.3 Å². The van der Waals surface area contributed by atoms with E-state index in [0.717, 1.165) is 18.2 Å². The predicted octanol–water partition coefficient (Wildman–Crippen LogP) is 4.40. The summed E-state index contributed by atoms with van der Waals surface area (Å²) >= 11 is 5.26. The van der Waals surface area contributed by atoms with E-state index in [1.807, 2.05) is 6.07 Å². The second-order valence-corrected chi connectivity index (χ2v) is 5.55. The fourth-order valence-electron chi connectivity index (χ4n) is 2.54. The highest BCUT2D eigenvalue weighted by atomic mass is 32.1. The van der Waals surface area contributed by atoms with Crippen LogP contribution in [0, 0.1) is 4.64 Å². The first-order chi connectivity index (χ1) is 8.79. The number of anilines is 1. The lowest BCUT2D eigenvalue weighted by Gasteiger charge is -2.21. The number of aromatic nitrogens is 2. The largest absolute Gasteiger partial charge is 0.372 e. The molecule has 0 aliphatic heterocycles. The van der Waals surface area contributed by atoms with Gasteiger partial charge in [-0.3, -0.25) is 0 Å². The molecule has 1 aromatic rings. The maximum Gasteiger partial charge on any atom is 0.131 e. The van der Waals surface area contributed by atoms with Gasteiger partial charge in [0.15, 0.2) is 0 Å². The van der Waals surface area contributed by atoms with Crippen LogP contribution >= 0.6 is 12.2 Å². The summed E-state index contributed by atoms with van der Waals surface area (Å²) in [6, 6.07) is 1.93. The van der Waals surface area contributed by atoms with Gasteiger partial charge in [0.1, 0.15) is 16.3 Å². The highest BCUT2D eigenvalue weighted by Crippen LogP contribution is 2.30. The Morgan fingerprint density at radius 3 is 2.89 bits per heavy atom. The van der Waals surface area contributed by atoms with Gasteiger partial charge in [0, 0.05) is 18.5 Å². The molecule has 2 N–H and O–H groups in total. The molecule has 3 nitrogen and oxygen atoms in total. The van der Waals surface area contributed by atoms with Gasteiger partial charge in [0.25, 0.3) is 0 Å². The van der Waals surface area contributed by atoms with Crippen molar-refractivity contribution in [1.82, 2.24) is 9.97 Å². The first-order valence-corrected chi connectivity index (χ1v) is 7.55. The van der Waals surface area contributed by atoms with Crippen molar-refractivity contribution in [3.63, 3.8) is 0 Å². The summed E-state index contributed by atoms with van der Waals surface area (Å²) in [6.07, 6.45) is 8.88. The van der Waals surface area contributed by atoms with E-state index in [1.165, 1.54) is 44.9 Å². The SMILES string of the molecule is CCCCNc1cc(=S)nc(C2CCCCC2)[nH]1. The lowest BCUT2D eigenvalue weighted by molar-refractivity contribution is 0.428. The lowest BCUT2D eigenvalue weighted by atomic mass is 9.89. The smallest absolute Gasteiger partial charge is 0.131 e. The van der Waals surface area contributed by atoms with E-state index < -0.39 is 0 Å².